The molecule has 3 unspecified atom stereocenters. The van der Waals surface area contributed by atoms with Crippen molar-refractivity contribution in [2.45, 2.75) is 614 Å². The summed E-state index contributed by atoms with van der Waals surface area (Å²) in [5.74, 6) is 0.703. The van der Waals surface area contributed by atoms with E-state index < -0.39 is 63.9 Å². The molecule has 0 aliphatic carbocycles. The highest BCUT2D eigenvalue weighted by Crippen LogP contribution is 2.76. The summed E-state index contributed by atoms with van der Waals surface area (Å²) in [6.45, 7) is 40.7. The van der Waals surface area contributed by atoms with Crippen molar-refractivity contribution in [2.24, 2.45) is 10.8 Å². The van der Waals surface area contributed by atoms with Gasteiger partial charge in [0.25, 0.3) is 0 Å². The van der Waals surface area contributed by atoms with E-state index in [1.54, 1.807) is 0 Å². The molecule has 0 amide bonds. The van der Waals surface area contributed by atoms with Gasteiger partial charge in [0, 0.05) is 10.8 Å². The summed E-state index contributed by atoms with van der Waals surface area (Å²) < 4.78 is 20.8. The summed E-state index contributed by atoms with van der Waals surface area (Å²) >= 11 is 0. The maximum Gasteiger partial charge on any atom is 0.344 e. The van der Waals surface area contributed by atoms with Gasteiger partial charge in [0.1, 0.15) is 22.8 Å². The van der Waals surface area contributed by atoms with Crippen molar-refractivity contribution in [3.05, 3.63) is 86.5 Å². The number of rotatable bonds is 84. The molecule has 0 heterocycles. The van der Waals surface area contributed by atoms with E-state index >= 15 is 0 Å². The van der Waals surface area contributed by atoms with Gasteiger partial charge in [-0.15, -0.1) is 0 Å². The zero-order valence-electron chi connectivity index (χ0n) is 87.6. The summed E-state index contributed by atoms with van der Waals surface area (Å²) in [4.78, 5) is 48.0. The third-order valence-corrected chi connectivity index (χ3v) is 32.6. The number of unbranched alkanes of at least 4 members (excludes halogenated alkanes) is 60. The van der Waals surface area contributed by atoms with Gasteiger partial charge < -0.3 is 34.9 Å². The zero-order valence-corrected chi connectivity index (χ0v) is 90.3. The Hall–Kier alpha value is -1.93. The van der Waals surface area contributed by atoms with E-state index in [-0.39, 0.29) is 11.5 Å². The first-order valence-electron chi connectivity index (χ1n) is 55.2. The molecule has 3 rings (SSSR count). The fourth-order valence-electron chi connectivity index (χ4n) is 22.7. The molecule has 3 aromatic carbocycles. The average Bonchev–Trinajstić information content (AvgIpc) is 0.663. The third kappa shape index (κ3) is 44.3. The van der Waals surface area contributed by atoms with Crippen LogP contribution in [0.1, 0.15) is 616 Å². The van der Waals surface area contributed by atoms with Gasteiger partial charge in [-0.2, -0.15) is 0 Å². The molecule has 0 aliphatic rings. The molecular weight excluding hydrogens is 1630 g/mol. The largest absolute Gasteiger partial charge is 0.508 e. The van der Waals surface area contributed by atoms with Crippen LogP contribution < -0.4 is 0 Å². The van der Waals surface area contributed by atoms with Gasteiger partial charge in [-0.1, -0.05) is 534 Å². The minimum atomic E-state index is -3.26. The van der Waals surface area contributed by atoms with E-state index in [0.29, 0.717) is 18.6 Å². The maximum atomic E-state index is 14.2. The third-order valence-electron chi connectivity index (χ3n) is 29.9. The lowest BCUT2D eigenvalue weighted by atomic mass is 9.36. The summed E-state index contributed by atoms with van der Waals surface area (Å²) in [6, 6.07) is 13.3. The number of aryl methyl sites for hydroxylation is 3. The molecule has 0 saturated heterocycles. The predicted octanol–water partition coefficient (Wildman–Crippen LogP) is 39.7. The Balaban J connectivity index is 3.24. The molecular formula is C115H211O10P3. The van der Waals surface area contributed by atoms with Crippen LogP contribution in [0.15, 0.2) is 36.4 Å². The average molecular weight is 1850 g/mol. The molecule has 0 aromatic heterocycles. The van der Waals surface area contributed by atoms with Crippen molar-refractivity contribution >= 4 is 25.8 Å². The second-order valence-corrected chi connectivity index (χ2v) is 46.9. The lowest BCUT2D eigenvalue weighted by Gasteiger charge is -2.69. The molecule has 128 heavy (non-hydrogen) atoms. The van der Waals surface area contributed by atoms with E-state index in [4.69, 9.17) is 13.1 Å². The molecule has 13 heteroatoms. The van der Waals surface area contributed by atoms with E-state index in [0.717, 1.165) is 179 Å². The van der Waals surface area contributed by atoms with Crippen molar-refractivity contribution in [3.63, 3.8) is 0 Å². The Morgan fingerprint density at radius 1 is 0.227 bits per heavy atom. The lowest BCUT2D eigenvalue weighted by Crippen LogP contribution is -2.66. The van der Waals surface area contributed by atoms with Gasteiger partial charge in [0.05, 0.1) is 0 Å². The summed E-state index contributed by atoms with van der Waals surface area (Å²) in [5, 5.41) is 39.5. The van der Waals surface area contributed by atoms with Gasteiger partial charge >= 0.3 is 25.8 Å². The topological polar surface area (TPSA) is 169 Å². The van der Waals surface area contributed by atoms with E-state index in [9.17, 15) is 34.9 Å². The Labute approximate surface area is 797 Å². The fraction of sp³-hybridized carbons (Fsp3) is 0.843. The molecule has 0 fully saturated rings. The van der Waals surface area contributed by atoms with Crippen LogP contribution in [0.5, 0.6) is 17.2 Å². The van der Waals surface area contributed by atoms with Crippen molar-refractivity contribution in [3.8, 4) is 17.2 Å². The molecule has 0 radical (unpaired) electrons. The van der Waals surface area contributed by atoms with Gasteiger partial charge in [-0.05, 0) is 161 Å². The van der Waals surface area contributed by atoms with Crippen LogP contribution in [-0.2, 0) is 40.4 Å². The predicted molar refractivity (Wildman–Crippen MR) is 561 cm³/mol. The second-order valence-electron chi connectivity index (χ2n) is 43.9. The minimum absolute atomic E-state index is 0.191. The smallest absolute Gasteiger partial charge is 0.344 e. The Bertz CT molecular complexity index is 3040. The Kier molecular flexibility index (Phi) is 65.6. The first kappa shape index (κ1) is 120. The van der Waals surface area contributed by atoms with Crippen LogP contribution in [0.4, 0.5) is 0 Å². The first-order chi connectivity index (χ1) is 61.4. The zero-order chi connectivity index (χ0) is 94.4. The van der Waals surface area contributed by atoms with E-state index in [2.05, 4.69) is 149 Å². The van der Waals surface area contributed by atoms with Crippen LogP contribution in [0.2, 0.25) is 0 Å². The second kappa shape index (κ2) is 69.8. The molecule has 0 saturated carbocycles. The normalized spacial score (nSPS) is 13.7. The SMILES string of the molecule is CCCCCCCCCCCCCC(CCCCCCCCCCCCC)(CCCCCCCCCCCCC)C(CCCCCCCCCCCCC)(c1cc(C(C)(C)C)c(O)cc1C)C(CCCCCCCCCCCCC)(CCCCCCCCCCCCC)C(OP(O)OP(O)OP(O)O)(c1cc(C(C)(C)C)c(O)cc1C)c1cc(C(C)(C)C)c(O)cc1C. The molecule has 10 nitrogen and oxygen atoms in total. The first-order valence-corrected chi connectivity index (χ1v) is 58.6. The standard InChI is InChI=1S/C115H211O10P3/c1-19-25-31-37-43-49-55-61-67-73-79-85-112(86-80-74-68-62-56-50-44-38-32-26-20-2,87-81-75-69-63-57-51-45-39-33-27-21-3)114(90-84-78-72-66-60-54-48-42-36-30-24-6,100-94-103(109(10,11)12)106(116)91-97(100)7)113(88-82-76-70-64-58-52-46-40-34-28-22-4,89-83-77-71-65-59-53-47-41-35-29-23-5)115(123-127(121)125-128(122)124-126(119)120,101-95-104(110(13,14)15)107(117)92-98(101)8)102-96-105(111(16,17)18)108(118)93-99(102)9/h91-96,116-122H,19-90H2,1-18H3. The maximum absolute atomic E-state index is 14.2. The van der Waals surface area contributed by atoms with Crippen LogP contribution in [0.25, 0.3) is 0 Å². The fourth-order valence-corrected chi connectivity index (χ4v) is 24.8. The van der Waals surface area contributed by atoms with Crippen molar-refractivity contribution in [2.75, 3.05) is 0 Å². The quantitative estimate of drug-likeness (QED) is 0.0213. The number of aromatic hydroxyl groups is 3. The summed E-state index contributed by atoms with van der Waals surface area (Å²) in [7, 11) is -9.53. The van der Waals surface area contributed by atoms with Gasteiger partial charge in [0.2, 0.25) is 0 Å². The highest BCUT2D eigenvalue weighted by Gasteiger charge is 2.72. The van der Waals surface area contributed by atoms with Crippen molar-refractivity contribution < 1.29 is 48.0 Å². The minimum Gasteiger partial charge on any atom is -0.508 e. The molecule has 0 aliphatic heterocycles. The van der Waals surface area contributed by atoms with Crippen molar-refractivity contribution in [1.82, 2.24) is 0 Å². The number of hydrogen-bond donors (Lipinski definition) is 7. The molecule has 746 valence electrons. The summed E-state index contributed by atoms with van der Waals surface area (Å²) in [6.07, 6.45) is 85.1. The number of phenolic OH excluding ortho intramolecular Hbond substituents is 3. The van der Waals surface area contributed by atoms with Gasteiger partial charge in [-0.25, -0.2) is 8.62 Å². The monoisotopic (exact) mass is 1850 g/mol. The highest BCUT2D eigenvalue weighted by molar-refractivity contribution is 7.60. The van der Waals surface area contributed by atoms with Crippen LogP contribution in [-0.4, -0.2) is 34.9 Å². The molecule has 3 atom stereocenters. The summed E-state index contributed by atoms with van der Waals surface area (Å²) in [5.41, 5.74) is 2.01. The molecule has 0 bridgehead atoms. The van der Waals surface area contributed by atoms with Crippen LogP contribution in [0.3, 0.4) is 0 Å². The van der Waals surface area contributed by atoms with Gasteiger partial charge in [0.15, 0.2) is 0 Å². The van der Waals surface area contributed by atoms with Crippen LogP contribution >= 0.6 is 25.8 Å². The Morgan fingerprint density at radius 2 is 0.422 bits per heavy atom. The van der Waals surface area contributed by atoms with E-state index in [1.165, 1.54) is 320 Å². The lowest BCUT2D eigenvalue weighted by molar-refractivity contribution is -0.164. The Morgan fingerprint density at radius 3 is 0.641 bits per heavy atom. The van der Waals surface area contributed by atoms with Gasteiger partial charge in [-0.3, -0.25) is 4.52 Å². The molecule has 0 spiro atoms. The number of hydrogen-bond acceptors (Lipinski definition) is 10. The van der Waals surface area contributed by atoms with Crippen molar-refractivity contribution in [1.29, 1.82) is 0 Å². The highest BCUT2D eigenvalue weighted by atomic mass is 31.3. The molecule has 3 aromatic rings. The van der Waals surface area contributed by atoms with E-state index in [1.807, 2.05) is 12.1 Å². The molecule has 7 N–H and O–H groups in total. The van der Waals surface area contributed by atoms with Crippen LogP contribution in [0, 0.1) is 31.6 Å². The number of benzene rings is 3. The number of phenols is 3.